The summed E-state index contributed by atoms with van der Waals surface area (Å²) >= 11 is 2.98. The van der Waals surface area contributed by atoms with E-state index in [4.69, 9.17) is 0 Å². The van der Waals surface area contributed by atoms with Crippen molar-refractivity contribution in [2.45, 2.75) is 62.0 Å². The number of amides is 1. The van der Waals surface area contributed by atoms with Crippen LogP contribution in [0.2, 0.25) is 0 Å². The van der Waals surface area contributed by atoms with Crippen molar-refractivity contribution in [3.63, 3.8) is 0 Å². The van der Waals surface area contributed by atoms with E-state index in [0.29, 0.717) is 29.3 Å². The number of hydrogen-bond acceptors (Lipinski definition) is 7. The first-order chi connectivity index (χ1) is 14.2. The van der Waals surface area contributed by atoms with Gasteiger partial charge in [0.2, 0.25) is 5.01 Å². The Morgan fingerprint density at radius 2 is 1.93 bits per heavy atom. The fourth-order valence-corrected chi connectivity index (χ4v) is 4.93. The van der Waals surface area contributed by atoms with E-state index in [9.17, 15) is 4.79 Å². The predicted octanol–water partition coefficient (Wildman–Crippen LogP) is 3.87. The van der Waals surface area contributed by atoms with Crippen LogP contribution < -0.4 is 5.32 Å². The Morgan fingerprint density at radius 3 is 2.66 bits per heavy atom. The summed E-state index contributed by atoms with van der Waals surface area (Å²) in [6.07, 6.45) is 4.89. The van der Waals surface area contributed by atoms with Gasteiger partial charge in [0.15, 0.2) is 5.16 Å². The Labute approximate surface area is 177 Å². The fraction of sp³-hybridized carbons (Fsp3) is 0.450. The molecule has 0 unspecified atom stereocenters. The molecule has 0 aliphatic heterocycles. The number of carbonyl (C=O) groups excluding carboxylic acids is 1. The summed E-state index contributed by atoms with van der Waals surface area (Å²) < 4.78 is 2.33. The molecule has 2 aliphatic carbocycles. The van der Waals surface area contributed by atoms with Crippen LogP contribution in [0.1, 0.15) is 69.4 Å². The van der Waals surface area contributed by atoms with Crippen LogP contribution in [0.4, 0.5) is 0 Å². The second-order valence-electron chi connectivity index (χ2n) is 7.67. The minimum atomic E-state index is -0.184. The molecule has 1 N–H and O–H groups in total. The number of aromatic nitrogens is 5. The van der Waals surface area contributed by atoms with Gasteiger partial charge in [-0.2, -0.15) is 0 Å². The van der Waals surface area contributed by atoms with Crippen LogP contribution in [-0.4, -0.2) is 30.9 Å². The zero-order chi connectivity index (χ0) is 19.8. The SMILES string of the molecule is Cc1ccc(CNC(=O)c2nnc(CSc3nnc(C4CC4)n3C3CC3)s2)cc1. The van der Waals surface area contributed by atoms with E-state index in [-0.39, 0.29) is 5.91 Å². The number of aryl methyl sites for hydroxylation is 1. The van der Waals surface area contributed by atoms with E-state index in [2.05, 4.69) is 30.3 Å². The van der Waals surface area contributed by atoms with Crippen LogP contribution in [0.25, 0.3) is 0 Å². The number of carbonyl (C=O) groups is 1. The molecule has 2 aliphatic rings. The molecular formula is C20H22N6OS2. The van der Waals surface area contributed by atoms with Gasteiger partial charge in [-0.15, -0.1) is 20.4 Å². The first-order valence-electron chi connectivity index (χ1n) is 9.91. The second kappa shape index (κ2) is 7.87. The van der Waals surface area contributed by atoms with Crippen LogP contribution in [0, 0.1) is 6.92 Å². The van der Waals surface area contributed by atoms with E-state index in [1.165, 1.54) is 42.6 Å². The molecule has 2 heterocycles. The van der Waals surface area contributed by atoms with Crippen LogP contribution in [0.15, 0.2) is 29.4 Å². The molecule has 1 amide bonds. The molecule has 0 bridgehead atoms. The van der Waals surface area contributed by atoms with Crippen LogP contribution in [0.5, 0.6) is 0 Å². The van der Waals surface area contributed by atoms with E-state index >= 15 is 0 Å². The van der Waals surface area contributed by atoms with Gasteiger partial charge in [-0.05, 0) is 38.2 Å². The van der Waals surface area contributed by atoms with Gasteiger partial charge in [-0.3, -0.25) is 4.79 Å². The summed E-state index contributed by atoms with van der Waals surface area (Å²) in [5.74, 6) is 2.22. The first-order valence-corrected chi connectivity index (χ1v) is 11.7. The number of thioether (sulfide) groups is 1. The normalized spacial score (nSPS) is 16.2. The van der Waals surface area contributed by atoms with Crippen molar-refractivity contribution in [2.75, 3.05) is 0 Å². The summed E-state index contributed by atoms with van der Waals surface area (Å²) in [6, 6.07) is 8.68. The lowest BCUT2D eigenvalue weighted by Gasteiger charge is -2.07. The molecule has 2 fully saturated rings. The molecule has 29 heavy (non-hydrogen) atoms. The number of benzene rings is 1. The standard InChI is InChI=1S/C20H22N6OS2/c1-12-2-4-13(5-3-12)10-21-18(27)19-24-22-16(29-19)11-28-20-25-23-17(14-6-7-14)26(20)15-8-9-15/h2-5,14-15H,6-11H2,1H3,(H,21,27). The third-order valence-electron chi connectivity index (χ3n) is 5.10. The number of rotatable bonds is 8. The highest BCUT2D eigenvalue weighted by Gasteiger charge is 2.36. The Hall–Kier alpha value is -2.26. The Bertz CT molecular complexity index is 1020. The van der Waals surface area contributed by atoms with Crippen LogP contribution in [-0.2, 0) is 12.3 Å². The molecule has 0 spiro atoms. The molecule has 1 aromatic carbocycles. The zero-order valence-corrected chi connectivity index (χ0v) is 17.8. The molecule has 7 nitrogen and oxygen atoms in total. The van der Waals surface area contributed by atoms with Crippen LogP contribution >= 0.6 is 23.1 Å². The number of nitrogens with zero attached hydrogens (tertiary/aromatic N) is 5. The average molecular weight is 427 g/mol. The lowest BCUT2D eigenvalue weighted by Crippen LogP contribution is -2.22. The monoisotopic (exact) mass is 426 g/mol. The van der Waals surface area contributed by atoms with Gasteiger partial charge in [0, 0.05) is 18.5 Å². The zero-order valence-electron chi connectivity index (χ0n) is 16.2. The van der Waals surface area contributed by atoms with E-state index in [1.807, 2.05) is 31.2 Å². The van der Waals surface area contributed by atoms with Gasteiger partial charge >= 0.3 is 0 Å². The molecule has 2 aromatic heterocycles. The summed E-state index contributed by atoms with van der Waals surface area (Å²) in [5, 5.41) is 22.2. The molecule has 150 valence electrons. The maximum atomic E-state index is 12.4. The van der Waals surface area contributed by atoms with Crippen molar-refractivity contribution in [1.82, 2.24) is 30.3 Å². The second-order valence-corrected chi connectivity index (χ2v) is 9.68. The predicted molar refractivity (Wildman–Crippen MR) is 112 cm³/mol. The van der Waals surface area contributed by atoms with E-state index < -0.39 is 0 Å². The van der Waals surface area contributed by atoms with Gasteiger partial charge in [0.05, 0.1) is 5.75 Å². The third-order valence-corrected chi connectivity index (χ3v) is 7.16. The minimum absolute atomic E-state index is 0.184. The molecule has 0 atom stereocenters. The molecule has 5 rings (SSSR count). The van der Waals surface area contributed by atoms with E-state index in [0.717, 1.165) is 21.6 Å². The van der Waals surface area contributed by atoms with Gasteiger partial charge in [-0.1, -0.05) is 52.9 Å². The van der Waals surface area contributed by atoms with Gasteiger partial charge in [0.1, 0.15) is 10.8 Å². The maximum absolute atomic E-state index is 12.4. The molecule has 0 saturated heterocycles. The smallest absolute Gasteiger partial charge is 0.282 e. The summed E-state index contributed by atoms with van der Waals surface area (Å²) in [7, 11) is 0. The quantitative estimate of drug-likeness (QED) is 0.550. The minimum Gasteiger partial charge on any atom is -0.346 e. The van der Waals surface area contributed by atoms with Crippen molar-refractivity contribution < 1.29 is 4.79 Å². The Morgan fingerprint density at radius 1 is 1.14 bits per heavy atom. The van der Waals surface area contributed by atoms with Crippen molar-refractivity contribution in [3.8, 4) is 0 Å². The van der Waals surface area contributed by atoms with Crippen molar-refractivity contribution in [3.05, 3.63) is 51.2 Å². The van der Waals surface area contributed by atoms with Crippen molar-refractivity contribution >= 4 is 29.0 Å². The lowest BCUT2D eigenvalue weighted by atomic mass is 10.1. The number of nitrogens with one attached hydrogen (secondary N) is 1. The Kier molecular flexibility index (Phi) is 5.09. The highest BCUT2D eigenvalue weighted by atomic mass is 32.2. The van der Waals surface area contributed by atoms with E-state index in [1.54, 1.807) is 11.8 Å². The molecule has 0 radical (unpaired) electrons. The van der Waals surface area contributed by atoms with Gasteiger partial charge < -0.3 is 9.88 Å². The highest BCUT2D eigenvalue weighted by Crippen LogP contribution is 2.46. The first kappa shape index (κ1) is 18.7. The lowest BCUT2D eigenvalue weighted by molar-refractivity contribution is 0.0950. The number of hydrogen-bond donors (Lipinski definition) is 1. The van der Waals surface area contributed by atoms with Crippen molar-refractivity contribution in [2.24, 2.45) is 0 Å². The summed E-state index contributed by atoms with van der Waals surface area (Å²) in [4.78, 5) is 12.4. The Balaban J connectivity index is 1.18. The van der Waals surface area contributed by atoms with Gasteiger partial charge in [0.25, 0.3) is 5.91 Å². The largest absolute Gasteiger partial charge is 0.346 e. The highest BCUT2D eigenvalue weighted by molar-refractivity contribution is 7.98. The molecule has 9 heteroatoms. The van der Waals surface area contributed by atoms with Crippen molar-refractivity contribution in [1.29, 1.82) is 0 Å². The maximum Gasteiger partial charge on any atom is 0.282 e. The topological polar surface area (TPSA) is 85.6 Å². The summed E-state index contributed by atoms with van der Waals surface area (Å²) in [6.45, 7) is 2.53. The van der Waals surface area contributed by atoms with Crippen LogP contribution in [0.3, 0.4) is 0 Å². The molecular weight excluding hydrogens is 404 g/mol. The third kappa shape index (κ3) is 4.35. The summed E-state index contributed by atoms with van der Waals surface area (Å²) in [5.41, 5.74) is 2.27. The average Bonchev–Trinajstić information content (AvgIpc) is 3.66. The molecule has 2 saturated carbocycles. The fourth-order valence-electron chi connectivity index (χ4n) is 3.18. The molecule has 3 aromatic rings. The van der Waals surface area contributed by atoms with Gasteiger partial charge in [-0.25, -0.2) is 0 Å².